The van der Waals surface area contributed by atoms with Crippen LogP contribution in [0, 0.1) is 16.9 Å². The van der Waals surface area contributed by atoms with E-state index in [0.29, 0.717) is 35.6 Å². The summed E-state index contributed by atoms with van der Waals surface area (Å²) in [7, 11) is 0. The van der Waals surface area contributed by atoms with Crippen molar-refractivity contribution in [2.24, 2.45) is 5.92 Å². The van der Waals surface area contributed by atoms with E-state index in [9.17, 15) is 19.2 Å². The minimum Gasteiger partial charge on any atom is -0.618 e. The van der Waals surface area contributed by atoms with Crippen molar-refractivity contribution in [3.63, 3.8) is 0 Å². The number of nitrogens with one attached hydrogen (secondary N) is 1. The highest BCUT2D eigenvalue weighted by atomic mass is 19.1. The number of carbonyl (C=O) groups excluding carboxylic acids is 2. The zero-order valence-electron chi connectivity index (χ0n) is 15.7. The lowest BCUT2D eigenvalue weighted by atomic mass is 10.0. The molecule has 1 aliphatic heterocycles. The number of carbonyl (C=O) groups is 2. The number of rotatable bonds is 4. The second kappa shape index (κ2) is 7.22. The van der Waals surface area contributed by atoms with Gasteiger partial charge in [0, 0.05) is 30.5 Å². The van der Waals surface area contributed by atoms with Crippen LogP contribution < -0.4 is 14.9 Å². The fourth-order valence-corrected chi connectivity index (χ4v) is 3.64. The van der Waals surface area contributed by atoms with Gasteiger partial charge in [-0.25, -0.2) is 4.39 Å². The van der Waals surface area contributed by atoms with Crippen molar-refractivity contribution in [3.05, 3.63) is 64.4 Å². The Balaban J connectivity index is 1.56. The van der Waals surface area contributed by atoms with Crippen LogP contribution in [-0.2, 0) is 11.2 Å². The van der Waals surface area contributed by atoms with E-state index in [4.69, 9.17) is 0 Å². The van der Waals surface area contributed by atoms with Gasteiger partial charge in [-0.15, -0.1) is 0 Å². The van der Waals surface area contributed by atoms with Crippen LogP contribution in [-0.4, -0.2) is 18.4 Å². The molecule has 7 heteroatoms. The second-order valence-electron chi connectivity index (χ2n) is 7.45. The molecule has 0 saturated heterocycles. The summed E-state index contributed by atoms with van der Waals surface area (Å²) in [5.41, 5.74) is 1.99. The largest absolute Gasteiger partial charge is 0.618 e. The molecule has 0 spiro atoms. The molecule has 28 heavy (non-hydrogen) atoms. The Morgan fingerprint density at radius 1 is 1.21 bits per heavy atom. The van der Waals surface area contributed by atoms with E-state index in [-0.39, 0.29) is 17.7 Å². The molecule has 146 valence electrons. The highest BCUT2D eigenvalue weighted by molar-refractivity contribution is 5.97. The fourth-order valence-electron chi connectivity index (χ4n) is 3.64. The summed E-state index contributed by atoms with van der Waals surface area (Å²) in [6.45, 7) is 2.37. The molecule has 2 aliphatic rings. The number of halogens is 1. The van der Waals surface area contributed by atoms with Crippen LogP contribution in [0.2, 0.25) is 0 Å². The maximum Gasteiger partial charge on any atom is 0.251 e. The van der Waals surface area contributed by atoms with Crippen LogP contribution in [0.4, 0.5) is 10.1 Å². The molecule has 6 nitrogen and oxygen atoms in total. The standard InChI is InChI=1S/C21H22FN3O3/c1-13(23-20(26)14-6-8-16(22)9-7-14)17-10-11-18-19(25(17)28)3-2-12-24(18)21(27)15-4-5-15/h6-11,13,15H,2-5,12H2,1H3,(H,23,26). The first-order valence-corrected chi connectivity index (χ1v) is 9.59. The Hall–Kier alpha value is -2.96. The van der Waals surface area contributed by atoms with Crippen molar-refractivity contribution in [3.8, 4) is 0 Å². The molecule has 1 aliphatic carbocycles. The van der Waals surface area contributed by atoms with Crippen molar-refractivity contribution < 1.29 is 18.7 Å². The highest BCUT2D eigenvalue weighted by Crippen LogP contribution is 2.35. The molecule has 1 fully saturated rings. The summed E-state index contributed by atoms with van der Waals surface area (Å²) < 4.78 is 13.9. The third kappa shape index (κ3) is 3.44. The van der Waals surface area contributed by atoms with Gasteiger partial charge in [0.1, 0.15) is 17.5 Å². The number of nitrogens with zero attached hydrogens (tertiary/aromatic N) is 2. The Morgan fingerprint density at radius 3 is 2.61 bits per heavy atom. The van der Waals surface area contributed by atoms with Crippen molar-refractivity contribution >= 4 is 17.5 Å². The molecule has 1 unspecified atom stereocenters. The maximum absolute atomic E-state index is 13.0. The Kier molecular flexibility index (Phi) is 4.75. The van der Waals surface area contributed by atoms with Crippen LogP contribution in [0.1, 0.15) is 54.0 Å². The van der Waals surface area contributed by atoms with Crippen molar-refractivity contribution in [2.45, 2.75) is 38.6 Å². The van der Waals surface area contributed by atoms with Gasteiger partial charge in [-0.3, -0.25) is 9.59 Å². The summed E-state index contributed by atoms with van der Waals surface area (Å²) in [6, 6.07) is 8.18. The molecule has 2 aromatic rings. The first kappa shape index (κ1) is 18.4. The molecular weight excluding hydrogens is 361 g/mol. The molecule has 0 radical (unpaired) electrons. The fraction of sp³-hybridized carbons (Fsp3) is 0.381. The topological polar surface area (TPSA) is 76.4 Å². The lowest BCUT2D eigenvalue weighted by Crippen LogP contribution is -2.46. The van der Waals surface area contributed by atoms with Crippen LogP contribution in [0.15, 0.2) is 36.4 Å². The number of hydrogen-bond acceptors (Lipinski definition) is 3. The van der Waals surface area contributed by atoms with Gasteiger partial charge in [0.05, 0.1) is 0 Å². The summed E-state index contributed by atoms with van der Waals surface area (Å²) in [6.07, 6.45) is 3.19. The summed E-state index contributed by atoms with van der Waals surface area (Å²) in [4.78, 5) is 26.6. The van der Waals surface area contributed by atoms with Crippen LogP contribution in [0.5, 0.6) is 0 Å². The van der Waals surface area contributed by atoms with E-state index >= 15 is 0 Å². The molecule has 1 aromatic heterocycles. The molecule has 1 saturated carbocycles. The third-order valence-electron chi connectivity index (χ3n) is 5.36. The molecule has 0 bridgehead atoms. The summed E-state index contributed by atoms with van der Waals surface area (Å²) in [5, 5.41) is 15.7. The van der Waals surface area contributed by atoms with Crippen LogP contribution in [0.3, 0.4) is 0 Å². The molecule has 4 rings (SSSR count). The van der Waals surface area contributed by atoms with Gasteiger partial charge in [0.15, 0.2) is 0 Å². The number of anilines is 1. The van der Waals surface area contributed by atoms with E-state index in [2.05, 4.69) is 5.32 Å². The predicted octanol–water partition coefficient (Wildman–Crippen LogP) is 2.64. The maximum atomic E-state index is 13.0. The third-order valence-corrected chi connectivity index (χ3v) is 5.36. The minimum absolute atomic E-state index is 0.0969. The van der Waals surface area contributed by atoms with Crippen molar-refractivity contribution in [1.29, 1.82) is 0 Å². The SMILES string of the molecule is CC(NC(=O)c1ccc(F)cc1)c1ccc2c([n+]1[O-])CCCN2C(=O)C1CC1. The number of benzene rings is 1. The molecular formula is C21H22FN3O3. The van der Waals surface area contributed by atoms with Gasteiger partial charge in [-0.1, -0.05) is 0 Å². The first-order chi connectivity index (χ1) is 13.5. The Bertz CT molecular complexity index is 925. The molecule has 1 N–H and O–H groups in total. The van der Waals surface area contributed by atoms with Gasteiger partial charge >= 0.3 is 0 Å². The number of amides is 2. The van der Waals surface area contributed by atoms with Gasteiger partial charge in [-0.2, -0.15) is 4.73 Å². The Labute approximate surface area is 162 Å². The number of pyridine rings is 1. The van der Waals surface area contributed by atoms with E-state index in [1.807, 2.05) is 0 Å². The van der Waals surface area contributed by atoms with Gasteiger partial charge < -0.3 is 15.4 Å². The van der Waals surface area contributed by atoms with Gasteiger partial charge in [0.2, 0.25) is 17.3 Å². The van der Waals surface area contributed by atoms with Crippen molar-refractivity contribution in [2.75, 3.05) is 11.4 Å². The van der Waals surface area contributed by atoms with E-state index in [0.717, 1.165) is 24.0 Å². The molecule has 2 heterocycles. The average molecular weight is 383 g/mol. The molecule has 1 atom stereocenters. The van der Waals surface area contributed by atoms with Gasteiger partial charge in [0.25, 0.3) is 5.91 Å². The number of hydrogen-bond donors (Lipinski definition) is 1. The lowest BCUT2D eigenvalue weighted by molar-refractivity contribution is -0.623. The quantitative estimate of drug-likeness (QED) is 0.651. The molecule has 2 amide bonds. The van der Waals surface area contributed by atoms with Crippen LogP contribution >= 0.6 is 0 Å². The average Bonchev–Trinajstić information content (AvgIpc) is 3.53. The minimum atomic E-state index is -0.533. The summed E-state index contributed by atoms with van der Waals surface area (Å²) in [5.74, 6) is -0.594. The zero-order chi connectivity index (χ0) is 19.8. The first-order valence-electron chi connectivity index (χ1n) is 9.59. The van der Waals surface area contributed by atoms with E-state index in [1.165, 1.54) is 24.3 Å². The Morgan fingerprint density at radius 2 is 1.93 bits per heavy atom. The monoisotopic (exact) mass is 383 g/mol. The number of aromatic nitrogens is 1. The van der Waals surface area contributed by atoms with Crippen LogP contribution in [0.25, 0.3) is 0 Å². The van der Waals surface area contributed by atoms with E-state index in [1.54, 1.807) is 24.0 Å². The van der Waals surface area contributed by atoms with Crippen molar-refractivity contribution in [1.82, 2.24) is 5.32 Å². The number of fused-ring (bicyclic) bond motifs is 1. The zero-order valence-corrected chi connectivity index (χ0v) is 15.7. The van der Waals surface area contributed by atoms with Gasteiger partial charge in [-0.05, 0) is 56.5 Å². The lowest BCUT2D eigenvalue weighted by Gasteiger charge is -2.29. The second-order valence-corrected chi connectivity index (χ2v) is 7.45. The predicted molar refractivity (Wildman–Crippen MR) is 101 cm³/mol. The van der Waals surface area contributed by atoms with E-state index < -0.39 is 11.9 Å². The normalized spacial score (nSPS) is 17.0. The smallest absolute Gasteiger partial charge is 0.251 e. The highest BCUT2D eigenvalue weighted by Gasteiger charge is 2.38. The molecule has 1 aromatic carbocycles. The summed E-state index contributed by atoms with van der Waals surface area (Å²) >= 11 is 0.